The lowest BCUT2D eigenvalue weighted by Crippen LogP contribution is -2.40. The largest absolute Gasteiger partial charge is 0.467 e. The molecule has 3 heteroatoms. The molecule has 0 saturated heterocycles. The predicted octanol–water partition coefficient (Wildman–Crippen LogP) is 1.98. The molecule has 2 rings (SSSR count). The van der Waals surface area contributed by atoms with Crippen LogP contribution in [0.3, 0.4) is 0 Å². The lowest BCUT2D eigenvalue weighted by molar-refractivity contribution is -0.146. The maximum atomic E-state index is 11.7. The van der Waals surface area contributed by atoms with Crippen LogP contribution in [0.5, 0.6) is 0 Å². The van der Waals surface area contributed by atoms with Gasteiger partial charge in [0.25, 0.3) is 0 Å². The van der Waals surface area contributed by atoms with Gasteiger partial charge in [-0.1, -0.05) is 24.3 Å². The summed E-state index contributed by atoms with van der Waals surface area (Å²) in [6.45, 7) is 3.75. The van der Waals surface area contributed by atoms with E-state index in [1.54, 1.807) is 0 Å². The molecule has 1 heterocycles. The monoisotopic (exact) mass is 217 g/mol. The fourth-order valence-corrected chi connectivity index (χ4v) is 2.21. The van der Waals surface area contributed by atoms with Gasteiger partial charge in [0.1, 0.15) is 0 Å². The van der Waals surface area contributed by atoms with Crippen LogP contribution in [0.15, 0.2) is 29.3 Å². The average molecular weight is 217 g/mol. The maximum Gasteiger partial charge on any atom is 0.333 e. The summed E-state index contributed by atoms with van der Waals surface area (Å²) in [4.78, 5) is 16.2. The van der Waals surface area contributed by atoms with Crippen molar-refractivity contribution in [1.82, 2.24) is 0 Å². The van der Waals surface area contributed by atoms with Crippen molar-refractivity contribution in [3.05, 3.63) is 35.4 Å². The van der Waals surface area contributed by atoms with Crippen LogP contribution >= 0.6 is 0 Å². The summed E-state index contributed by atoms with van der Waals surface area (Å²) >= 11 is 0. The van der Waals surface area contributed by atoms with Gasteiger partial charge in [0.05, 0.1) is 7.11 Å². The summed E-state index contributed by atoms with van der Waals surface area (Å²) in [5.74, 6) is -0.277. The highest BCUT2D eigenvalue weighted by molar-refractivity contribution is 6.03. The van der Waals surface area contributed by atoms with Gasteiger partial charge in [-0.15, -0.1) is 0 Å². The summed E-state index contributed by atoms with van der Waals surface area (Å²) in [7, 11) is 1.40. The fraction of sp³-hybridized carbons (Fsp3) is 0.385. The first-order valence-corrected chi connectivity index (χ1v) is 5.30. The summed E-state index contributed by atoms with van der Waals surface area (Å²) in [5, 5.41) is 0. The van der Waals surface area contributed by atoms with Gasteiger partial charge in [0.2, 0.25) is 0 Å². The molecule has 1 atom stereocenters. The van der Waals surface area contributed by atoms with Crippen LogP contribution in [0.25, 0.3) is 0 Å². The molecule has 0 fully saturated rings. The minimum absolute atomic E-state index is 0.277. The molecule has 1 aromatic carbocycles. The van der Waals surface area contributed by atoms with E-state index in [0.717, 1.165) is 16.8 Å². The third-order valence-electron chi connectivity index (χ3n) is 2.98. The van der Waals surface area contributed by atoms with Crippen molar-refractivity contribution in [3.8, 4) is 0 Å². The van der Waals surface area contributed by atoms with Crippen molar-refractivity contribution in [1.29, 1.82) is 0 Å². The van der Waals surface area contributed by atoms with Crippen molar-refractivity contribution in [2.75, 3.05) is 7.11 Å². The Morgan fingerprint density at radius 1 is 1.44 bits per heavy atom. The molecule has 0 spiro atoms. The van der Waals surface area contributed by atoms with Crippen LogP contribution in [0.2, 0.25) is 0 Å². The van der Waals surface area contributed by atoms with Crippen molar-refractivity contribution in [3.63, 3.8) is 0 Å². The molecular weight excluding hydrogens is 202 g/mol. The molecule has 3 nitrogen and oxygen atoms in total. The van der Waals surface area contributed by atoms with Crippen molar-refractivity contribution >= 4 is 11.7 Å². The van der Waals surface area contributed by atoms with Gasteiger partial charge in [-0.05, 0) is 25.0 Å². The second kappa shape index (κ2) is 3.74. The number of nitrogens with zero attached hydrogens (tertiary/aromatic N) is 1. The van der Waals surface area contributed by atoms with E-state index in [0.29, 0.717) is 6.42 Å². The van der Waals surface area contributed by atoms with Crippen LogP contribution < -0.4 is 0 Å². The molecule has 1 unspecified atom stereocenters. The fourth-order valence-electron chi connectivity index (χ4n) is 2.21. The quantitative estimate of drug-likeness (QED) is 0.675. The summed E-state index contributed by atoms with van der Waals surface area (Å²) in [5.41, 5.74) is 2.41. The Hall–Kier alpha value is -1.64. The van der Waals surface area contributed by atoms with E-state index in [-0.39, 0.29) is 5.97 Å². The number of esters is 1. The summed E-state index contributed by atoms with van der Waals surface area (Å²) in [6.07, 6.45) is 0.604. The number of rotatable bonds is 1. The Labute approximate surface area is 95.2 Å². The predicted molar refractivity (Wildman–Crippen MR) is 62.8 cm³/mol. The molecule has 0 N–H and O–H groups in total. The second-order valence-corrected chi connectivity index (χ2v) is 4.30. The molecule has 0 aromatic heterocycles. The number of hydrogen-bond donors (Lipinski definition) is 0. The number of methoxy groups -OCH3 is 1. The van der Waals surface area contributed by atoms with Gasteiger partial charge >= 0.3 is 5.97 Å². The zero-order chi connectivity index (χ0) is 11.8. The van der Waals surface area contributed by atoms with Crippen LogP contribution in [-0.2, 0) is 16.0 Å². The summed E-state index contributed by atoms with van der Waals surface area (Å²) < 4.78 is 4.81. The highest BCUT2D eigenvalue weighted by Crippen LogP contribution is 2.27. The molecule has 0 amide bonds. The van der Waals surface area contributed by atoms with Crippen LogP contribution in [0.4, 0.5) is 0 Å². The molecule has 0 saturated carbocycles. The smallest absolute Gasteiger partial charge is 0.333 e. The molecule has 84 valence electrons. The normalized spacial score (nSPS) is 23.3. The highest BCUT2D eigenvalue weighted by atomic mass is 16.5. The van der Waals surface area contributed by atoms with Gasteiger partial charge < -0.3 is 4.74 Å². The van der Waals surface area contributed by atoms with Gasteiger partial charge in [-0.25, -0.2) is 4.79 Å². The molecule has 1 aromatic rings. The maximum absolute atomic E-state index is 11.7. The minimum atomic E-state index is -0.771. The number of carbonyl (C=O) groups is 1. The lowest BCUT2D eigenvalue weighted by Gasteiger charge is -2.28. The summed E-state index contributed by atoms with van der Waals surface area (Å²) in [6, 6.07) is 8.04. The number of hydrogen-bond acceptors (Lipinski definition) is 3. The van der Waals surface area contributed by atoms with Crippen LogP contribution in [0, 0.1) is 0 Å². The average Bonchev–Trinajstić information content (AvgIpc) is 2.27. The first-order valence-electron chi connectivity index (χ1n) is 5.30. The van der Waals surface area contributed by atoms with E-state index in [4.69, 9.17) is 4.74 Å². The van der Waals surface area contributed by atoms with Gasteiger partial charge in [0.15, 0.2) is 5.54 Å². The van der Waals surface area contributed by atoms with Crippen LogP contribution in [0.1, 0.15) is 25.0 Å². The van der Waals surface area contributed by atoms with E-state index < -0.39 is 5.54 Å². The Bertz CT molecular complexity index is 465. The first-order chi connectivity index (χ1) is 7.57. The minimum Gasteiger partial charge on any atom is -0.467 e. The van der Waals surface area contributed by atoms with E-state index >= 15 is 0 Å². The second-order valence-electron chi connectivity index (χ2n) is 4.30. The van der Waals surface area contributed by atoms with E-state index in [9.17, 15) is 4.79 Å². The van der Waals surface area contributed by atoms with Crippen molar-refractivity contribution < 1.29 is 9.53 Å². The molecular formula is C13H15NO2. The molecule has 0 radical (unpaired) electrons. The van der Waals surface area contributed by atoms with E-state index in [2.05, 4.69) is 4.99 Å². The Kier molecular flexibility index (Phi) is 2.54. The molecule has 1 aliphatic rings. The van der Waals surface area contributed by atoms with Gasteiger partial charge in [-0.3, -0.25) is 4.99 Å². The standard InChI is InChI=1S/C13H15NO2/c1-9-11-7-5-4-6-10(11)8-13(2,14-9)12(15)16-3/h4-7H,8H2,1-3H3. The highest BCUT2D eigenvalue weighted by Gasteiger charge is 2.37. The number of benzene rings is 1. The Morgan fingerprint density at radius 3 is 2.81 bits per heavy atom. The third kappa shape index (κ3) is 1.62. The molecule has 1 aliphatic heterocycles. The molecule has 16 heavy (non-hydrogen) atoms. The van der Waals surface area contributed by atoms with Gasteiger partial charge in [0, 0.05) is 12.1 Å². The van der Waals surface area contributed by atoms with Crippen molar-refractivity contribution in [2.45, 2.75) is 25.8 Å². The molecule has 0 aliphatic carbocycles. The van der Waals surface area contributed by atoms with E-state index in [1.165, 1.54) is 7.11 Å². The number of aliphatic imine (C=N–C) groups is 1. The third-order valence-corrected chi connectivity index (χ3v) is 2.98. The first kappa shape index (κ1) is 10.9. The van der Waals surface area contributed by atoms with Gasteiger partial charge in [-0.2, -0.15) is 0 Å². The zero-order valence-corrected chi connectivity index (χ0v) is 9.78. The lowest BCUT2D eigenvalue weighted by atomic mass is 9.86. The topological polar surface area (TPSA) is 38.7 Å². The number of fused-ring (bicyclic) bond motifs is 1. The number of carbonyl (C=O) groups excluding carboxylic acids is 1. The molecule has 0 bridgehead atoms. The van der Waals surface area contributed by atoms with Crippen molar-refractivity contribution in [2.24, 2.45) is 4.99 Å². The Balaban J connectivity index is 2.47. The van der Waals surface area contributed by atoms with Crippen LogP contribution in [-0.4, -0.2) is 24.3 Å². The SMILES string of the molecule is COC(=O)C1(C)Cc2ccccc2C(C)=N1. The zero-order valence-electron chi connectivity index (χ0n) is 9.78. The Morgan fingerprint density at radius 2 is 2.12 bits per heavy atom. The van der Waals surface area contributed by atoms with E-state index in [1.807, 2.05) is 38.1 Å². The number of ether oxygens (including phenoxy) is 1.